The van der Waals surface area contributed by atoms with Gasteiger partial charge in [-0.1, -0.05) is 18.2 Å². The van der Waals surface area contributed by atoms with E-state index in [-0.39, 0.29) is 17.9 Å². The molecule has 3 N–H and O–H groups in total. The number of nitrogens with zero attached hydrogens (tertiary/aromatic N) is 2. The minimum atomic E-state index is -0.906. The third-order valence-electron chi connectivity index (χ3n) is 6.52. The summed E-state index contributed by atoms with van der Waals surface area (Å²) in [6.45, 7) is 1.61. The zero-order chi connectivity index (χ0) is 20.0. The van der Waals surface area contributed by atoms with Gasteiger partial charge >= 0.3 is 0 Å². The molecule has 2 saturated heterocycles. The summed E-state index contributed by atoms with van der Waals surface area (Å²) in [6.07, 6.45) is 2.79. The van der Waals surface area contributed by atoms with Gasteiger partial charge in [-0.2, -0.15) is 5.10 Å². The number of H-pyrrole nitrogens is 1. The number of methoxy groups -OCH3 is 1. The van der Waals surface area contributed by atoms with E-state index < -0.39 is 11.5 Å². The molecule has 0 unspecified atom stereocenters. The Labute approximate surface area is 169 Å². The topological polar surface area (TPSA) is 99.4 Å². The minimum absolute atomic E-state index is 0.0767. The van der Waals surface area contributed by atoms with E-state index in [1.54, 1.807) is 7.11 Å². The molecular weight excluding hydrogens is 370 g/mol. The highest BCUT2D eigenvalue weighted by molar-refractivity contribution is 6.09. The number of amides is 2. The second-order valence-electron chi connectivity index (χ2n) is 8.08. The van der Waals surface area contributed by atoms with Crippen LogP contribution in [0.1, 0.15) is 36.2 Å². The molecule has 2 aromatic rings. The lowest BCUT2D eigenvalue weighted by molar-refractivity contribution is -0.137. The fourth-order valence-electron chi connectivity index (χ4n) is 5.41. The Kier molecular flexibility index (Phi) is 4.40. The number of carbonyl (C=O) groups is 2. The highest BCUT2D eigenvalue weighted by atomic mass is 16.5. The maximum atomic E-state index is 13.3. The van der Waals surface area contributed by atoms with Crippen molar-refractivity contribution in [1.29, 1.82) is 0 Å². The number of benzene rings is 1. The number of carbonyl (C=O) groups excluding carboxylic acids is 2. The Morgan fingerprint density at radius 1 is 1.41 bits per heavy atom. The number of nitrogens with one attached hydrogen (secondary N) is 3. The summed E-state index contributed by atoms with van der Waals surface area (Å²) in [4.78, 5) is 28.9. The van der Waals surface area contributed by atoms with E-state index in [9.17, 15) is 9.59 Å². The molecule has 1 aromatic carbocycles. The number of aromatic amines is 1. The van der Waals surface area contributed by atoms with E-state index in [2.05, 4.69) is 25.7 Å². The monoisotopic (exact) mass is 395 g/mol. The van der Waals surface area contributed by atoms with Gasteiger partial charge in [-0.3, -0.25) is 19.6 Å². The fraction of sp³-hybridized carbons (Fsp3) is 0.476. The van der Waals surface area contributed by atoms with Crippen molar-refractivity contribution in [3.8, 4) is 0 Å². The van der Waals surface area contributed by atoms with Crippen molar-refractivity contribution in [3.63, 3.8) is 0 Å². The van der Waals surface area contributed by atoms with Crippen LogP contribution in [0.25, 0.3) is 0 Å². The van der Waals surface area contributed by atoms with Crippen LogP contribution in [0.5, 0.6) is 0 Å². The molecule has 2 fully saturated rings. The molecule has 5 rings (SSSR count). The summed E-state index contributed by atoms with van der Waals surface area (Å²) >= 11 is 0. The van der Waals surface area contributed by atoms with Crippen molar-refractivity contribution < 1.29 is 14.3 Å². The number of ether oxygens (including phenoxy) is 1. The molecule has 1 spiro atoms. The molecule has 0 radical (unpaired) electrons. The van der Waals surface area contributed by atoms with Crippen molar-refractivity contribution in [3.05, 3.63) is 47.3 Å². The minimum Gasteiger partial charge on any atom is -0.378 e. The van der Waals surface area contributed by atoms with Gasteiger partial charge in [0, 0.05) is 24.4 Å². The maximum Gasteiger partial charge on any atom is 0.250 e. The number of para-hydroxylation sites is 1. The Hall–Kier alpha value is -2.71. The summed E-state index contributed by atoms with van der Waals surface area (Å²) in [6, 6.07) is 9.91. The van der Waals surface area contributed by atoms with Crippen molar-refractivity contribution in [2.45, 2.75) is 44.0 Å². The Morgan fingerprint density at radius 3 is 3.14 bits per heavy atom. The van der Waals surface area contributed by atoms with Crippen LogP contribution in [0, 0.1) is 5.92 Å². The molecule has 29 heavy (non-hydrogen) atoms. The lowest BCUT2D eigenvalue weighted by Crippen LogP contribution is -2.54. The first-order valence-corrected chi connectivity index (χ1v) is 10.1. The van der Waals surface area contributed by atoms with Crippen molar-refractivity contribution in [1.82, 2.24) is 20.4 Å². The highest BCUT2D eigenvalue weighted by Crippen LogP contribution is 2.55. The smallest absolute Gasteiger partial charge is 0.250 e. The van der Waals surface area contributed by atoms with Crippen LogP contribution in [0.15, 0.2) is 30.3 Å². The van der Waals surface area contributed by atoms with Crippen molar-refractivity contribution in [2.75, 3.05) is 19.0 Å². The molecule has 152 valence electrons. The summed E-state index contributed by atoms with van der Waals surface area (Å²) in [7, 11) is 1.62. The van der Waals surface area contributed by atoms with E-state index in [1.165, 1.54) is 0 Å². The Balaban J connectivity index is 1.42. The summed E-state index contributed by atoms with van der Waals surface area (Å²) in [5.74, 6) is -0.584. The van der Waals surface area contributed by atoms with Gasteiger partial charge < -0.3 is 15.4 Å². The zero-order valence-corrected chi connectivity index (χ0v) is 16.4. The third-order valence-corrected chi connectivity index (χ3v) is 6.52. The Bertz CT molecular complexity index is 957. The highest BCUT2D eigenvalue weighted by Gasteiger charge is 2.65. The quantitative estimate of drug-likeness (QED) is 0.713. The average Bonchev–Trinajstić information content (AvgIpc) is 3.46. The number of hydrogen-bond acceptors (Lipinski definition) is 5. The molecule has 0 saturated carbocycles. The standard InChI is InChI=1S/C21H25N5O3/c1-29-12-14-9-13(24-25-14)11-22-19(27)17-10-15-5-4-8-26(15)21(17)16-6-2-3-7-18(16)23-20(21)28/h2-3,6-7,9,15,17H,4-5,8,10-12H2,1H3,(H,22,27)(H,23,28)(H,24,25)/t15-,17+,21+/m1/s1. The molecule has 3 atom stereocenters. The van der Waals surface area contributed by atoms with E-state index >= 15 is 0 Å². The van der Waals surface area contributed by atoms with Gasteiger partial charge in [0.15, 0.2) is 0 Å². The number of hydrogen-bond donors (Lipinski definition) is 3. The summed E-state index contributed by atoms with van der Waals surface area (Å²) < 4.78 is 5.08. The lowest BCUT2D eigenvalue weighted by Gasteiger charge is -2.36. The average molecular weight is 395 g/mol. The van der Waals surface area contributed by atoms with Crippen LogP contribution in [0.2, 0.25) is 0 Å². The number of rotatable bonds is 5. The van der Waals surface area contributed by atoms with Gasteiger partial charge in [0.1, 0.15) is 5.54 Å². The molecule has 2 amide bonds. The van der Waals surface area contributed by atoms with Gasteiger partial charge in [-0.25, -0.2) is 0 Å². The van der Waals surface area contributed by atoms with Crippen LogP contribution in [-0.4, -0.2) is 46.6 Å². The first-order chi connectivity index (χ1) is 14.1. The predicted molar refractivity (Wildman–Crippen MR) is 106 cm³/mol. The van der Waals surface area contributed by atoms with Gasteiger partial charge in [-0.15, -0.1) is 0 Å². The molecule has 3 aliphatic rings. The van der Waals surface area contributed by atoms with Crippen LogP contribution in [0.4, 0.5) is 5.69 Å². The predicted octanol–water partition coefficient (Wildman–Crippen LogP) is 1.50. The largest absolute Gasteiger partial charge is 0.378 e. The SMILES string of the molecule is COCc1cc(CNC(=O)[C@@H]2C[C@H]3CCCN3[C@]23C(=O)Nc2ccccc23)[nH]n1. The van der Waals surface area contributed by atoms with Crippen LogP contribution >= 0.6 is 0 Å². The molecule has 1 aromatic heterocycles. The molecule has 4 heterocycles. The van der Waals surface area contributed by atoms with Crippen LogP contribution < -0.4 is 10.6 Å². The summed E-state index contributed by atoms with van der Waals surface area (Å²) in [5, 5.41) is 13.2. The van der Waals surface area contributed by atoms with Crippen molar-refractivity contribution in [2.24, 2.45) is 5.92 Å². The molecule has 0 aliphatic carbocycles. The van der Waals surface area contributed by atoms with E-state index in [1.807, 2.05) is 30.3 Å². The van der Waals surface area contributed by atoms with Gasteiger partial charge in [0.05, 0.1) is 30.5 Å². The molecule has 8 nitrogen and oxygen atoms in total. The van der Waals surface area contributed by atoms with Crippen LogP contribution in [-0.2, 0) is 33.0 Å². The van der Waals surface area contributed by atoms with Crippen molar-refractivity contribution >= 4 is 17.5 Å². The normalized spacial score (nSPS) is 27.8. The third kappa shape index (κ3) is 2.70. The first-order valence-electron chi connectivity index (χ1n) is 10.1. The summed E-state index contributed by atoms with van der Waals surface area (Å²) in [5.41, 5.74) is 2.45. The number of fused-ring (bicyclic) bond motifs is 4. The van der Waals surface area contributed by atoms with E-state index in [0.717, 1.165) is 42.0 Å². The second-order valence-corrected chi connectivity index (χ2v) is 8.08. The fourth-order valence-corrected chi connectivity index (χ4v) is 5.41. The molecule has 0 bridgehead atoms. The van der Waals surface area contributed by atoms with E-state index in [0.29, 0.717) is 19.6 Å². The second kappa shape index (κ2) is 6.96. The van der Waals surface area contributed by atoms with Gasteiger partial charge in [0.2, 0.25) is 11.8 Å². The zero-order valence-electron chi connectivity index (χ0n) is 16.4. The number of anilines is 1. The lowest BCUT2D eigenvalue weighted by atomic mass is 9.78. The molecule has 8 heteroatoms. The van der Waals surface area contributed by atoms with Crippen LogP contribution in [0.3, 0.4) is 0 Å². The molecule has 3 aliphatic heterocycles. The molecular formula is C21H25N5O3. The van der Waals surface area contributed by atoms with E-state index in [4.69, 9.17) is 4.74 Å². The van der Waals surface area contributed by atoms with Gasteiger partial charge in [0.25, 0.3) is 0 Å². The Morgan fingerprint density at radius 2 is 2.28 bits per heavy atom. The van der Waals surface area contributed by atoms with Gasteiger partial charge in [-0.05, 0) is 37.9 Å². The number of aromatic nitrogens is 2. The maximum absolute atomic E-state index is 13.3. The first kappa shape index (κ1) is 18.3.